The summed E-state index contributed by atoms with van der Waals surface area (Å²) in [5.74, 6) is -0.118. The van der Waals surface area contributed by atoms with E-state index in [-0.39, 0.29) is 11.1 Å². The first-order valence-corrected chi connectivity index (χ1v) is 10.4. The van der Waals surface area contributed by atoms with E-state index in [1.165, 1.54) is 11.8 Å². The smallest absolute Gasteiger partial charge is 0.275 e. The van der Waals surface area contributed by atoms with Crippen LogP contribution in [0.2, 0.25) is 0 Å². The van der Waals surface area contributed by atoms with E-state index in [1.807, 2.05) is 12.1 Å². The lowest BCUT2D eigenvalue weighted by Crippen LogP contribution is -2.35. The van der Waals surface area contributed by atoms with Gasteiger partial charge < -0.3 is 15.2 Å². The molecule has 0 saturated heterocycles. The molecule has 2 aromatic rings. The second kappa shape index (κ2) is 8.27. The van der Waals surface area contributed by atoms with E-state index in [2.05, 4.69) is 22.5 Å². The van der Waals surface area contributed by atoms with Crippen molar-refractivity contribution in [1.82, 2.24) is 15.1 Å². The number of carbonyl (C=O) groups is 1. The first kappa shape index (κ1) is 19.5. The Bertz CT molecular complexity index is 947. The van der Waals surface area contributed by atoms with E-state index in [1.54, 1.807) is 4.68 Å². The zero-order chi connectivity index (χ0) is 20.3. The molecular formula is C22H27N3O4. The lowest BCUT2D eigenvalue weighted by atomic mass is 9.78. The summed E-state index contributed by atoms with van der Waals surface area (Å²) in [6.07, 6.45) is 8.08. The molecule has 1 aliphatic heterocycles. The van der Waals surface area contributed by atoms with Crippen molar-refractivity contribution in [1.29, 1.82) is 0 Å². The minimum absolute atomic E-state index is 0.168. The van der Waals surface area contributed by atoms with Crippen LogP contribution in [-0.2, 0) is 12.0 Å². The van der Waals surface area contributed by atoms with Crippen LogP contribution in [-0.4, -0.2) is 33.9 Å². The van der Waals surface area contributed by atoms with Crippen molar-refractivity contribution < 1.29 is 14.6 Å². The summed E-state index contributed by atoms with van der Waals surface area (Å²) < 4.78 is 7.51. The largest absolute Gasteiger partial charge is 0.503 e. The van der Waals surface area contributed by atoms with Gasteiger partial charge in [0.1, 0.15) is 5.75 Å². The third kappa shape index (κ3) is 4.13. The predicted molar refractivity (Wildman–Crippen MR) is 108 cm³/mol. The van der Waals surface area contributed by atoms with Crippen molar-refractivity contribution in [3.8, 4) is 11.5 Å². The van der Waals surface area contributed by atoms with Crippen LogP contribution in [0.3, 0.4) is 0 Å². The molecule has 1 fully saturated rings. The molecule has 1 spiro atoms. The van der Waals surface area contributed by atoms with Crippen LogP contribution in [0.5, 0.6) is 11.5 Å². The van der Waals surface area contributed by atoms with Crippen LogP contribution in [0, 0.1) is 0 Å². The van der Waals surface area contributed by atoms with Gasteiger partial charge in [0.2, 0.25) is 0 Å². The fourth-order valence-electron chi connectivity index (χ4n) is 4.45. The Balaban J connectivity index is 1.77. The molecule has 4 rings (SSSR count). The highest BCUT2D eigenvalue weighted by atomic mass is 16.5. The summed E-state index contributed by atoms with van der Waals surface area (Å²) in [7, 11) is 0. The molecule has 0 radical (unpaired) electrons. The molecule has 1 saturated carbocycles. The number of hydrogen-bond acceptors (Lipinski definition) is 5. The van der Waals surface area contributed by atoms with E-state index in [9.17, 15) is 14.7 Å². The Morgan fingerprint density at radius 1 is 1.10 bits per heavy atom. The lowest BCUT2D eigenvalue weighted by molar-refractivity contribution is 0.0942. The molecule has 0 unspecified atom stereocenters. The molecule has 1 aromatic carbocycles. The third-order valence-corrected chi connectivity index (χ3v) is 6.01. The normalized spacial score (nSPS) is 19.5. The van der Waals surface area contributed by atoms with Crippen LogP contribution in [0.4, 0.5) is 0 Å². The summed E-state index contributed by atoms with van der Waals surface area (Å²) in [5, 5.41) is 17.2. The molecule has 7 heteroatoms. The maximum atomic E-state index is 12.5. The van der Waals surface area contributed by atoms with E-state index in [0.717, 1.165) is 50.7 Å². The fourth-order valence-corrected chi connectivity index (χ4v) is 4.45. The van der Waals surface area contributed by atoms with Crippen LogP contribution in [0.15, 0.2) is 35.3 Å². The monoisotopic (exact) mass is 397 g/mol. The Hall–Kier alpha value is -2.83. The van der Waals surface area contributed by atoms with Gasteiger partial charge in [0, 0.05) is 12.0 Å². The van der Waals surface area contributed by atoms with E-state index in [4.69, 9.17) is 4.74 Å². The zero-order valence-corrected chi connectivity index (χ0v) is 16.5. The van der Waals surface area contributed by atoms with Crippen molar-refractivity contribution >= 4 is 5.91 Å². The number of amides is 1. The number of nitrogens with one attached hydrogen (secondary N) is 1. The molecule has 0 atom stereocenters. The maximum absolute atomic E-state index is 12.5. The Kier molecular flexibility index (Phi) is 5.56. The number of hydrogen-bond donors (Lipinski definition) is 2. The van der Waals surface area contributed by atoms with Gasteiger partial charge in [0.25, 0.3) is 11.3 Å². The van der Waals surface area contributed by atoms with Crippen molar-refractivity contribution in [3.63, 3.8) is 0 Å². The molecule has 7 nitrogen and oxygen atoms in total. The van der Waals surface area contributed by atoms with Crippen molar-refractivity contribution in [2.24, 2.45) is 0 Å². The highest BCUT2D eigenvalue weighted by Crippen LogP contribution is 2.43. The number of carbonyl (C=O) groups excluding carboxylic acids is 1. The molecule has 2 heterocycles. The number of rotatable bonds is 0. The van der Waals surface area contributed by atoms with Gasteiger partial charge in [-0.15, -0.1) is 0 Å². The van der Waals surface area contributed by atoms with Gasteiger partial charge in [-0.05, 0) is 49.8 Å². The summed E-state index contributed by atoms with van der Waals surface area (Å²) in [5.41, 5.74) is 0.0299. The second-order valence-electron chi connectivity index (χ2n) is 8.07. The SMILES string of the molecule is O=C1NCCCCCOc2cccc(c2)C2(CCCC2)Cn2cc(O)c(=O)c1n2. The number of benzene rings is 1. The fraction of sp³-hybridized carbons (Fsp3) is 0.500. The average Bonchev–Trinajstić information content (AvgIpc) is 3.19. The molecule has 2 N–H and O–H groups in total. The van der Waals surface area contributed by atoms with Gasteiger partial charge in [-0.1, -0.05) is 25.0 Å². The summed E-state index contributed by atoms with van der Waals surface area (Å²) in [6, 6.07) is 8.21. The summed E-state index contributed by atoms with van der Waals surface area (Å²) in [6.45, 7) is 1.58. The molecule has 1 aromatic heterocycles. The van der Waals surface area contributed by atoms with Gasteiger partial charge in [-0.2, -0.15) is 5.10 Å². The van der Waals surface area contributed by atoms with E-state index in [0.29, 0.717) is 19.7 Å². The number of nitrogens with zero attached hydrogens (tertiary/aromatic N) is 2. The van der Waals surface area contributed by atoms with Crippen molar-refractivity contribution in [3.05, 3.63) is 51.9 Å². The molecule has 4 bridgehead atoms. The Morgan fingerprint density at radius 2 is 1.93 bits per heavy atom. The minimum Gasteiger partial charge on any atom is -0.503 e. The topological polar surface area (TPSA) is 93.5 Å². The van der Waals surface area contributed by atoms with E-state index < -0.39 is 17.1 Å². The molecule has 1 amide bonds. The summed E-state index contributed by atoms with van der Waals surface area (Å²) >= 11 is 0. The maximum Gasteiger partial charge on any atom is 0.275 e. The molecule has 2 aliphatic rings. The van der Waals surface area contributed by atoms with E-state index >= 15 is 0 Å². The molecule has 29 heavy (non-hydrogen) atoms. The van der Waals surface area contributed by atoms with Gasteiger partial charge in [0.05, 0.1) is 19.3 Å². The van der Waals surface area contributed by atoms with Crippen molar-refractivity contribution in [2.75, 3.05) is 13.2 Å². The predicted octanol–water partition coefficient (Wildman–Crippen LogP) is 2.75. The Labute approximate surface area is 169 Å². The number of fused-ring (bicyclic) bond motifs is 5. The van der Waals surface area contributed by atoms with Gasteiger partial charge >= 0.3 is 0 Å². The quantitative estimate of drug-likeness (QED) is 0.713. The summed E-state index contributed by atoms with van der Waals surface area (Å²) in [4.78, 5) is 24.8. The number of aromatic hydroxyl groups is 1. The highest BCUT2D eigenvalue weighted by molar-refractivity contribution is 5.92. The standard InChI is InChI=1S/C22H27N3O4/c26-18-14-25-15-22(9-2-3-10-22)16-7-6-8-17(13-16)29-12-5-1-4-11-23-21(28)19(24-25)20(18)27/h6-8,13-14,26H,1-5,9-12,15H2,(H,23,28). The van der Waals surface area contributed by atoms with Crippen molar-refractivity contribution in [2.45, 2.75) is 56.9 Å². The highest BCUT2D eigenvalue weighted by Gasteiger charge is 2.37. The molecule has 1 aliphatic carbocycles. The van der Waals surface area contributed by atoms with Gasteiger partial charge in [0.15, 0.2) is 11.4 Å². The Morgan fingerprint density at radius 3 is 2.76 bits per heavy atom. The average molecular weight is 397 g/mol. The van der Waals surface area contributed by atoms with Crippen LogP contribution in [0.25, 0.3) is 0 Å². The zero-order valence-electron chi connectivity index (χ0n) is 16.5. The minimum atomic E-state index is -0.726. The lowest BCUT2D eigenvalue weighted by Gasteiger charge is -2.30. The third-order valence-electron chi connectivity index (χ3n) is 6.01. The van der Waals surface area contributed by atoms with Gasteiger partial charge in [-0.25, -0.2) is 0 Å². The van der Waals surface area contributed by atoms with Crippen LogP contribution < -0.4 is 15.5 Å². The van der Waals surface area contributed by atoms with Crippen LogP contribution >= 0.6 is 0 Å². The van der Waals surface area contributed by atoms with Gasteiger partial charge in [-0.3, -0.25) is 14.3 Å². The first-order valence-electron chi connectivity index (χ1n) is 10.4. The van der Waals surface area contributed by atoms with Crippen LogP contribution in [0.1, 0.15) is 61.0 Å². The molecular weight excluding hydrogens is 370 g/mol. The first-order chi connectivity index (χ1) is 14.1. The number of aromatic nitrogens is 2. The molecule has 154 valence electrons. The second-order valence-corrected chi connectivity index (χ2v) is 8.07. The number of ether oxygens (including phenoxy) is 1.